The number of carbonyl (C=O) groups is 2. The zero-order valence-corrected chi connectivity index (χ0v) is 13.5. The van der Waals surface area contributed by atoms with Crippen molar-refractivity contribution < 1.29 is 19.1 Å². The number of amides is 1. The number of alkyl carbamates (subject to hydrolysis) is 1. The Morgan fingerprint density at radius 1 is 1.42 bits per heavy atom. The second-order valence-corrected chi connectivity index (χ2v) is 5.74. The van der Waals surface area contributed by atoms with Crippen molar-refractivity contribution in [3.05, 3.63) is 46.3 Å². The van der Waals surface area contributed by atoms with Crippen molar-refractivity contribution >= 4 is 12.1 Å². The van der Waals surface area contributed by atoms with Crippen LogP contribution in [-0.2, 0) is 20.9 Å². The molecule has 1 N–H and O–H groups in total. The molecule has 2 atom stereocenters. The highest BCUT2D eigenvalue weighted by Crippen LogP contribution is 2.48. The molecule has 0 heterocycles. The quantitative estimate of drug-likeness (QED) is 0.341. The van der Waals surface area contributed by atoms with Crippen LogP contribution in [0.25, 0.3) is 10.4 Å². The summed E-state index contributed by atoms with van der Waals surface area (Å²) >= 11 is 0. The third-order valence-electron chi connectivity index (χ3n) is 4.12. The summed E-state index contributed by atoms with van der Waals surface area (Å²) < 4.78 is 9.91. The average molecular weight is 332 g/mol. The van der Waals surface area contributed by atoms with E-state index in [9.17, 15) is 9.59 Å². The van der Waals surface area contributed by atoms with E-state index in [1.165, 1.54) is 7.11 Å². The monoisotopic (exact) mass is 332 g/mol. The molecule has 128 valence electrons. The highest BCUT2D eigenvalue weighted by molar-refractivity contribution is 5.75. The molecular formula is C16H20N4O4. The maximum Gasteiger partial charge on any atom is 0.407 e. The largest absolute Gasteiger partial charge is 0.469 e. The lowest BCUT2D eigenvalue weighted by atomic mass is 10.1. The number of azide groups is 1. The maximum atomic E-state index is 12.0. The molecule has 1 aromatic carbocycles. The number of hydrogen-bond acceptors (Lipinski definition) is 5. The van der Waals surface area contributed by atoms with Gasteiger partial charge >= 0.3 is 12.1 Å². The number of carbonyl (C=O) groups excluding carboxylic acids is 2. The first kappa shape index (κ1) is 17.6. The number of nitrogens with zero attached hydrogens (tertiary/aromatic N) is 3. The SMILES string of the molecule is COC(=O)C[C@@]1(NC(=O)OCc2ccccc2)C[C@H]1CCN=[N+]=[N-]. The Kier molecular flexibility index (Phi) is 6.03. The van der Waals surface area contributed by atoms with Crippen LogP contribution >= 0.6 is 0 Å². The van der Waals surface area contributed by atoms with Gasteiger partial charge in [0.15, 0.2) is 0 Å². The molecule has 1 saturated carbocycles. The van der Waals surface area contributed by atoms with Gasteiger partial charge in [0.2, 0.25) is 0 Å². The van der Waals surface area contributed by atoms with Crippen LogP contribution in [0.4, 0.5) is 4.79 Å². The highest BCUT2D eigenvalue weighted by Gasteiger charge is 2.56. The number of nitrogens with one attached hydrogen (secondary N) is 1. The molecule has 0 saturated heterocycles. The molecular weight excluding hydrogens is 312 g/mol. The Hall–Kier alpha value is -2.73. The summed E-state index contributed by atoms with van der Waals surface area (Å²) in [6, 6.07) is 9.33. The average Bonchev–Trinajstić information content (AvgIpc) is 3.25. The van der Waals surface area contributed by atoms with Crippen LogP contribution in [0, 0.1) is 5.92 Å². The van der Waals surface area contributed by atoms with Crippen LogP contribution in [0.15, 0.2) is 35.4 Å². The normalized spacial score (nSPS) is 21.3. The van der Waals surface area contributed by atoms with E-state index in [-0.39, 0.29) is 18.9 Å². The van der Waals surface area contributed by atoms with Crippen molar-refractivity contribution in [2.75, 3.05) is 13.7 Å². The number of benzene rings is 1. The van der Waals surface area contributed by atoms with E-state index < -0.39 is 17.6 Å². The number of rotatable bonds is 8. The second-order valence-electron chi connectivity index (χ2n) is 5.74. The van der Waals surface area contributed by atoms with Crippen molar-refractivity contribution in [3.63, 3.8) is 0 Å². The summed E-state index contributed by atoms with van der Waals surface area (Å²) in [5.41, 5.74) is 8.54. The smallest absolute Gasteiger partial charge is 0.407 e. The zero-order valence-electron chi connectivity index (χ0n) is 13.5. The molecule has 1 fully saturated rings. The summed E-state index contributed by atoms with van der Waals surface area (Å²) in [5, 5.41) is 6.28. The molecule has 0 bridgehead atoms. The fourth-order valence-corrected chi connectivity index (χ4v) is 2.72. The van der Waals surface area contributed by atoms with Crippen LogP contribution in [0.1, 0.15) is 24.8 Å². The standard InChI is InChI=1S/C16H20N4O4/c1-23-14(21)10-16(9-13(16)7-8-18-20-17)19-15(22)24-11-12-5-3-2-4-6-12/h2-6,13H,7-11H2,1H3,(H,19,22)/t13-,16+/m1/s1. The van der Waals surface area contributed by atoms with Crippen molar-refractivity contribution in [1.82, 2.24) is 5.32 Å². The Bertz CT molecular complexity index is 630. The van der Waals surface area contributed by atoms with Gasteiger partial charge in [-0.15, -0.1) is 0 Å². The maximum absolute atomic E-state index is 12.0. The molecule has 1 aliphatic rings. The molecule has 0 spiro atoms. The Balaban J connectivity index is 1.89. The predicted octanol–water partition coefficient (Wildman–Crippen LogP) is 2.94. The first-order valence-corrected chi connectivity index (χ1v) is 7.66. The van der Waals surface area contributed by atoms with E-state index in [2.05, 4.69) is 15.3 Å². The fourth-order valence-electron chi connectivity index (χ4n) is 2.72. The Morgan fingerprint density at radius 2 is 2.17 bits per heavy atom. The fraction of sp³-hybridized carbons (Fsp3) is 0.500. The summed E-state index contributed by atoms with van der Waals surface area (Å²) in [6.45, 7) is 0.481. The lowest BCUT2D eigenvalue weighted by Crippen LogP contribution is -2.41. The number of ether oxygens (including phenoxy) is 2. The molecule has 0 radical (unpaired) electrons. The number of hydrogen-bond donors (Lipinski definition) is 1. The molecule has 0 unspecified atom stereocenters. The van der Waals surface area contributed by atoms with E-state index in [1.807, 2.05) is 30.3 Å². The van der Waals surface area contributed by atoms with Gasteiger partial charge in [0, 0.05) is 11.5 Å². The summed E-state index contributed by atoms with van der Waals surface area (Å²) in [5.74, 6) is -0.337. The first-order chi connectivity index (χ1) is 11.6. The van der Waals surface area contributed by atoms with E-state index >= 15 is 0 Å². The number of esters is 1. The van der Waals surface area contributed by atoms with Crippen molar-refractivity contribution in [1.29, 1.82) is 0 Å². The minimum atomic E-state index is -0.675. The predicted molar refractivity (Wildman–Crippen MR) is 85.9 cm³/mol. The van der Waals surface area contributed by atoms with Gasteiger partial charge in [-0.3, -0.25) is 4.79 Å². The Morgan fingerprint density at radius 3 is 2.83 bits per heavy atom. The zero-order chi connectivity index (χ0) is 17.4. The van der Waals surface area contributed by atoms with Crippen molar-refractivity contribution in [2.45, 2.75) is 31.4 Å². The van der Waals surface area contributed by atoms with Gasteiger partial charge in [0.05, 0.1) is 19.1 Å². The van der Waals surface area contributed by atoms with Crippen LogP contribution in [0.2, 0.25) is 0 Å². The van der Waals surface area contributed by atoms with Crippen LogP contribution < -0.4 is 5.32 Å². The van der Waals surface area contributed by atoms with Gasteiger partial charge in [0.25, 0.3) is 0 Å². The molecule has 1 aliphatic carbocycles. The molecule has 8 heteroatoms. The third kappa shape index (κ3) is 4.89. The van der Waals surface area contributed by atoms with Crippen LogP contribution in [0.3, 0.4) is 0 Å². The molecule has 24 heavy (non-hydrogen) atoms. The van der Waals surface area contributed by atoms with E-state index in [0.717, 1.165) is 5.56 Å². The topological polar surface area (TPSA) is 113 Å². The van der Waals surface area contributed by atoms with Crippen LogP contribution in [-0.4, -0.2) is 31.3 Å². The lowest BCUT2D eigenvalue weighted by Gasteiger charge is -2.18. The van der Waals surface area contributed by atoms with Crippen LogP contribution in [0.5, 0.6) is 0 Å². The van der Waals surface area contributed by atoms with Gasteiger partial charge in [-0.05, 0) is 29.9 Å². The molecule has 8 nitrogen and oxygen atoms in total. The molecule has 0 aromatic heterocycles. The molecule has 0 aliphatic heterocycles. The van der Waals surface area contributed by atoms with Crippen molar-refractivity contribution in [2.24, 2.45) is 11.0 Å². The highest BCUT2D eigenvalue weighted by atomic mass is 16.5. The van der Waals surface area contributed by atoms with Gasteiger partial charge < -0.3 is 14.8 Å². The van der Waals surface area contributed by atoms with E-state index in [4.69, 9.17) is 15.0 Å². The van der Waals surface area contributed by atoms with Gasteiger partial charge in [-0.25, -0.2) is 4.79 Å². The summed E-state index contributed by atoms with van der Waals surface area (Å²) in [4.78, 5) is 26.4. The third-order valence-corrected chi connectivity index (χ3v) is 4.12. The summed E-state index contributed by atoms with van der Waals surface area (Å²) in [6.07, 6.45) is 0.725. The second kappa shape index (κ2) is 8.21. The minimum absolute atomic E-state index is 0.0615. The van der Waals surface area contributed by atoms with Gasteiger partial charge in [-0.1, -0.05) is 35.4 Å². The molecule has 1 amide bonds. The summed E-state index contributed by atoms with van der Waals surface area (Å²) in [7, 11) is 1.31. The lowest BCUT2D eigenvalue weighted by molar-refractivity contribution is -0.141. The molecule has 2 rings (SSSR count). The minimum Gasteiger partial charge on any atom is -0.469 e. The number of methoxy groups -OCH3 is 1. The Labute approximate surface area is 139 Å². The van der Waals surface area contributed by atoms with Gasteiger partial charge in [-0.2, -0.15) is 0 Å². The van der Waals surface area contributed by atoms with E-state index in [0.29, 0.717) is 19.4 Å². The molecule has 1 aromatic rings. The first-order valence-electron chi connectivity index (χ1n) is 7.66. The van der Waals surface area contributed by atoms with E-state index in [1.54, 1.807) is 0 Å². The van der Waals surface area contributed by atoms with Gasteiger partial charge in [0.1, 0.15) is 6.61 Å². The van der Waals surface area contributed by atoms with Crippen molar-refractivity contribution in [3.8, 4) is 0 Å².